The molecule has 2 aromatic carbocycles. The molecule has 3 aromatic rings. The van der Waals surface area contributed by atoms with Gasteiger partial charge in [0.15, 0.2) is 0 Å². The van der Waals surface area contributed by atoms with Gasteiger partial charge >= 0.3 is 11.7 Å². The molecular formula is C32H37ClFN5O6S. The van der Waals surface area contributed by atoms with Crippen molar-refractivity contribution < 1.29 is 22.9 Å². The number of hydrogen-bond donors (Lipinski definition) is 1. The predicted octanol–water partition coefficient (Wildman–Crippen LogP) is 3.72. The van der Waals surface area contributed by atoms with Gasteiger partial charge < -0.3 is 19.9 Å². The van der Waals surface area contributed by atoms with Crippen LogP contribution in [0.3, 0.4) is 0 Å². The molecule has 2 aliphatic rings. The van der Waals surface area contributed by atoms with Crippen LogP contribution in [-0.2, 0) is 35.1 Å². The number of methoxy groups -OCH3 is 1. The summed E-state index contributed by atoms with van der Waals surface area (Å²) >= 11 is 6.22. The quantitative estimate of drug-likeness (QED) is 0.389. The lowest BCUT2D eigenvalue weighted by molar-refractivity contribution is -0.133. The minimum atomic E-state index is -1.40. The Bertz CT molecular complexity index is 1820. The molecule has 0 spiro atoms. The second-order valence-corrected chi connectivity index (χ2v) is 14.6. The van der Waals surface area contributed by atoms with Crippen LogP contribution < -0.4 is 21.3 Å². The summed E-state index contributed by atoms with van der Waals surface area (Å²) in [6.07, 6.45) is 4.47. The van der Waals surface area contributed by atoms with Crippen molar-refractivity contribution in [1.29, 1.82) is 0 Å². The highest BCUT2D eigenvalue weighted by Gasteiger charge is 2.32. The number of likely N-dealkylation sites (tertiary alicyclic amines) is 1. The molecule has 246 valence electrons. The van der Waals surface area contributed by atoms with Crippen molar-refractivity contribution >= 4 is 40.0 Å². The van der Waals surface area contributed by atoms with Gasteiger partial charge in [0, 0.05) is 66.7 Å². The number of aromatic nitrogens is 2. The van der Waals surface area contributed by atoms with E-state index in [0.29, 0.717) is 38.9 Å². The number of hydrogen-bond acceptors (Lipinski definition) is 6. The first-order chi connectivity index (χ1) is 21.8. The molecule has 1 fully saturated rings. The van der Waals surface area contributed by atoms with Crippen LogP contribution in [0.5, 0.6) is 5.75 Å². The van der Waals surface area contributed by atoms with Gasteiger partial charge in [-0.15, -0.1) is 0 Å². The first-order valence-electron chi connectivity index (χ1n) is 14.9. The summed E-state index contributed by atoms with van der Waals surface area (Å²) in [5, 5.41) is 2.70. The Labute approximate surface area is 273 Å². The Morgan fingerprint density at radius 1 is 1.11 bits per heavy atom. The normalized spacial score (nSPS) is 16.4. The maximum atomic E-state index is 14.4. The Morgan fingerprint density at radius 2 is 1.83 bits per heavy atom. The van der Waals surface area contributed by atoms with Gasteiger partial charge in [0.1, 0.15) is 18.1 Å². The molecule has 1 saturated heterocycles. The number of carbonyl (C=O) groups excluding carboxylic acids is 2. The Morgan fingerprint density at radius 3 is 2.50 bits per heavy atom. The number of rotatable bonds is 8. The molecule has 11 nitrogen and oxygen atoms in total. The molecule has 1 unspecified atom stereocenters. The fourth-order valence-corrected chi connectivity index (χ4v) is 6.39. The SMILES string of the molecule is COc1ccc2c(c1)CCN(C1CCN(C(=O)Cn3cc(-c4cccc(F)c4Cl)c(=O)n(CC(C)(C)S(C)=O)c3=O)CC1)C(=O)N2. The minimum Gasteiger partial charge on any atom is -0.497 e. The van der Waals surface area contributed by atoms with Crippen LogP contribution in [0.4, 0.5) is 14.9 Å². The van der Waals surface area contributed by atoms with Gasteiger partial charge in [-0.3, -0.25) is 22.9 Å². The van der Waals surface area contributed by atoms with Crippen molar-refractivity contribution in [3.63, 3.8) is 0 Å². The summed E-state index contributed by atoms with van der Waals surface area (Å²) in [6.45, 7) is 4.02. The Balaban J connectivity index is 1.35. The van der Waals surface area contributed by atoms with Crippen LogP contribution >= 0.6 is 11.6 Å². The van der Waals surface area contributed by atoms with E-state index in [4.69, 9.17) is 16.3 Å². The van der Waals surface area contributed by atoms with E-state index in [1.54, 1.807) is 31.9 Å². The van der Waals surface area contributed by atoms with E-state index in [1.165, 1.54) is 24.6 Å². The van der Waals surface area contributed by atoms with Crippen molar-refractivity contribution in [3.05, 3.63) is 79.8 Å². The van der Waals surface area contributed by atoms with Crippen LogP contribution in [0, 0.1) is 5.82 Å². The maximum absolute atomic E-state index is 14.4. The number of nitrogens with one attached hydrogen (secondary N) is 1. The topological polar surface area (TPSA) is 123 Å². The number of anilines is 1. The minimum absolute atomic E-state index is 0.0564. The van der Waals surface area contributed by atoms with Crippen molar-refractivity contribution in [2.24, 2.45) is 0 Å². The fraction of sp³-hybridized carbons (Fsp3) is 0.438. The molecule has 0 bridgehead atoms. The van der Waals surface area contributed by atoms with Crippen LogP contribution in [0.15, 0.2) is 52.2 Å². The van der Waals surface area contributed by atoms with Gasteiger partial charge in [0.05, 0.1) is 22.4 Å². The number of amides is 3. The highest BCUT2D eigenvalue weighted by molar-refractivity contribution is 7.85. The van der Waals surface area contributed by atoms with Crippen molar-refractivity contribution in [1.82, 2.24) is 18.9 Å². The Hall–Kier alpha value is -3.97. The van der Waals surface area contributed by atoms with Gasteiger partial charge in [0.25, 0.3) is 5.56 Å². The summed E-state index contributed by atoms with van der Waals surface area (Å²) in [5.41, 5.74) is 0.285. The van der Waals surface area contributed by atoms with E-state index in [9.17, 15) is 27.8 Å². The summed E-state index contributed by atoms with van der Waals surface area (Å²) in [5.74, 6) is -0.364. The monoisotopic (exact) mass is 673 g/mol. The van der Waals surface area contributed by atoms with Crippen LogP contribution in [-0.4, -0.2) is 78.9 Å². The van der Waals surface area contributed by atoms with Gasteiger partial charge in [0.2, 0.25) is 5.91 Å². The Kier molecular flexibility index (Phi) is 9.73. The van der Waals surface area contributed by atoms with E-state index in [1.807, 2.05) is 17.0 Å². The van der Waals surface area contributed by atoms with Crippen LogP contribution in [0.1, 0.15) is 32.3 Å². The lowest BCUT2D eigenvalue weighted by Crippen LogP contribution is -2.51. The molecule has 3 heterocycles. The number of ether oxygens (including phenoxy) is 1. The third-order valence-corrected chi connectivity index (χ3v) is 10.9. The van der Waals surface area contributed by atoms with Crippen molar-refractivity contribution in [3.8, 4) is 16.9 Å². The molecule has 0 saturated carbocycles. The van der Waals surface area contributed by atoms with E-state index in [0.717, 1.165) is 32.2 Å². The van der Waals surface area contributed by atoms with Gasteiger partial charge in [-0.05, 0) is 62.9 Å². The van der Waals surface area contributed by atoms with E-state index in [2.05, 4.69) is 5.32 Å². The average molecular weight is 674 g/mol. The van der Waals surface area contributed by atoms with E-state index >= 15 is 0 Å². The number of halogens is 2. The fourth-order valence-electron chi connectivity index (χ4n) is 5.85. The molecule has 1 atom stereocenters. The molecule has 3 amide bonds. The standard InChI is InChI=1S/C32H37ClFN5O6S/c1-32(2,46(4)44)19-39-29(41)24(23-6-5-7-25(34)28(23)33)17-37(31(39)43)18-27(40)36-13-11-21(12-14-36)38-15-10-20-16-22(45-3)8-9-26(20)35-30(38)42/h5-9,16-17,21H,10-15,18-19H2,1-4H3,(H,35,42). The second-order valence-electron chi connectivity index (χ2n) is 12.2. The predicted molar refractivity (Wildman–Crippen MR) is 176 cm³/mol. The van der Waals surface area contributed by atoms with Crippen LogP contribution in [0.2, 0.25) is 5.02 Å². The molecule has 5 rings (SSSR count). The smallest absolute Gasteiger partial charge is 0.331 e. The summed E-state index contributed by atoms with van der Waals surface area (Å²) in [6, 6.07) is 9.30. The first-order valence-corrected chi connectivity index (χ1v) is 16.9. The lowest BCUT2D eigenvalue weighted by Gasteiger charge is -2.38. The molecule has 46 heavy (non-hydrogen) atoms. The highest BCUT2D eigenvalue weighted by atomic mass is 35.5. The van der Waals surface area contributed by atoms with E-state index in [-0.39, 0.29) is 47.2 Å². The lowest BCUT2D eigenvalue weighted by atomic mass is 10.0. The second kappa shape index (κ2) is 13.4. The zero-order valence-electron chi connectivity index (χ0n) is 26.2. The number of benzene rings is 2. The average Bonchev–Trinajstić information content (AvgIpc) is 3.19. The molecule has 14 heteroatoms. The van der Waals surface area contributed by atoms with E-state index < -0.39 is 32.6 Å². The third kappa shape index (κ3) is 6.75. The van der Waals surface area contributed by atoms with Gasteiger partial charge in [-0.25, -0.2) is 14.0 Å². The number of fused-ring (bicyclic) bond motifs is 1. The number of nitrogens with zero attached hydrogens (tertiary/aromatic N) is 4. The van der Waals surface area contributed by atoms with Crippen LogP contribution in [0.25, 0.3) is 11.1 Å². The largest absolute Gasteiger partial charge is 0.497 e. The first kappa shape index (κ1) is 33.4. The number of urea groups is 1. The number of piperidine rings is 1. The molecule has 0 radical (unpaired) electrons. The zero-order valence-corrected chi connectivity index (χ0v) is 27.8. The zero-order chi connectivity index (χ0) is 33.3. The van der Waals surface area contributed by atoms with Crippen molar-refractivity contribution in [2.45, 2.75) is 57.0 Å². The highest BCUT2D eigenvalue weighted by Crippen LogP contribution is 2.29. The summed E-state index contributed by atoms with van der Waals surface area (Å²) in [7, 11) is 0.195. The molecule has 0 aliphatic carbocycles. The molecular weight excluding hydrogens is 637 g/mol. The maximum Gasteiger partial charge on any atom is 0.331 e. The van der Waals surface area contributed by atoms with Gasteiger partial charge in [-0.1, -0.05) is 23.7 Å². The summed E-state index contributed by atoms with van der Waals surface area (Å²) in [4.78, 5) is 57.2. The number of carbonyl (C=O) groups is 2. The molecule has 1 N–H and O–H groups in total. The molecule has 1 aromatic heterocycles. The van der Waals surface area contributed by atoms with Crippen molar-refractivity contribution in [2.75, 3.05) is 38.3 Å². The van der Waals surface area contributed by atoms with Gasteiger partial charge in [-0.2, -0.15) is 0 Å². The molecule has 2 aliphatic heterocycles. The third-order valence-electron chi connectivity index (χ3n) is 8.80. The summed E-state index contributed by atoms with van der Waals surface area (Å²) < 4.78 is 33.2.